The van der Waals surface area contributed by atoms with Gasteiger partial charge >= 0.3 is 0 Å². The maximum absolute atomic E-state index is 4.19. The molecule has 1 aliphatic rings. The molecular formula is C14H27N5. The fourth-order valence-electron chi connectivity index (χ4n) is 2.60. The summed E-state index contributed by atoms with van der Waals surface area (Å²) in [6.45, 7) is 11.2. The summed E-state index contributed by atoms with van der Waals surface area (Å²) in [5, 5.41) is 7.75. The van der Waals surface area contributed by atoms with Crippen LogP contribution in [0.25, 0.3) is 0 Å². The molecule has 1 fully saturated rings. The van der Waals surface area contributed by atoms with Crippen molar-refractivity contribution in [1.82, 2.24) is 24.9 Å². The van der Waals surface area contributed by atoms with Crippen molar-refractivity contribution in [3.05, 3.63) is 18.0 Å². The van der Waals surface area contributed by atoms with Gasteiger partial charge in [0.25, 0.3) is 0 Å². The Hall–Kier alpha value is -0.910. The van der Waals surface area contributed by atoms with Crippen LogP contribution in [0, 0.1) is 0 Å². The van der Waals surface area contributed by atoms with Crippen molar-refractivity contribution in [2.45, 2.75) is 25.9 Å². The van der Waals surface area contributed by atoms with Gasteiger partial charge < -0.3 is 10.2 Å². The number of hydrogen-bond donors (Lipinski definition) is 1. The van der Waals surface area contributed by atoms with Crippen LogP contribution in [0.15, 0.2) is 12.4 Å². The van der Waals surface area contributed by atoms with E-state index >= 15 is 0 Å². The summed E-state index contributed by atoms with van der Waals surface area (Å²) >= 11 is 0. The van der Waals surface area contributed by atoms with Crippen molar-refractivity contribution in [3.63, 3.8) is 0 Å². The molecule has 2 rings (SSSR count). The van der Waals surface area contributed by atoms with Crippen LogP contribution in [-0.4, -0.2) is 64.9 Å². The molecule has 2 heterocycles. The van der Waals surface area contributed by atoms with Crippen LogP contribution in [0.1, 0.15) is 19.4 Å². The first-order chi connectivity index (χ1) is 8.97. The Labute approximate surface area is 116 Å². The first kappa shape index (κ1) is 14.5. The van der Waals surface area contributed by atoms with E-state index in [1.54, 1.807) is 0 Å². The second kappa shape index (κ2) is 6.03. The average Bonchev–Trinajstić information content (AvgIpc) is 2.75. The van der Waals surface area contributed by atoms with E-state index in [2.05, 4.69) is 47.3 Å². The van der Waals surface area contributed by atoms with Crippen molar-refractivity contribution >= 4 is 0 Å². The van der Waals surface area contributed by atoms with Gasteiger partial charge in [0, 0.05) is 63.6 Å². The molecule has 0 atom stereocenters. The molecule has 1 saturated heterocycles. The summed E-state index contributed by atoms with van der Waals surface area (Å²) in [4.78, 5) is 4.99. The Morgan fingerprint density at radius 3 is 2.47 bits per heavy atom. The number of nitrogens with zero attached hydrogens (tertiary/aromatic N) is 4. The fourth-order valence-corrected chi connectivity index (χ4v) is 2.60. The lowest BCUT2D eigenvalue weighted by molar-refractivity contribution is 0.0618. The fraction of sp³-hybridized carbons (Fsp3) is 0.786. The molecule has 1 N–H and O–H groups in total. The average molecular weight is 265 g/mol. The Balaban J connectivity index is 1.77. The molecule has 5 heteroatoms. The third-order valence-corrected chi connectivity index (χ3v) is 4.00. The lowest BCUT2D eigenvalue weighted by Crippen LogP contribution is -2.57. The van der Waals surface area contributed by atoms with E-state index in [0.717, 1.165) is 26.2 Å². The lowest BCUT2D eigenvalue weighted by Gasteiger charge is -2.43. The third-order valence-electron chi connectivity index (χ3n) is 4.00. The van der Waals surface area contributed by atoms with Gasteiger partial charge in [-0.1, -0.05) is 0 Å². The standard InChI is InChI=1S/C14H27N5/c1-14(2,19-7-5-17(3)6-8-19)12-15-9-13-10-16-18(4)11-13/h10-11,15H,5-9,12H2,1-4H3. The summed E-state index contributed by atoms with van der Waals surface area (Å²) in [5.74, 6) is 0. The molecule has 1 aromatic heterocycles. The van der Waals surface area contributed by atoms with Crippen molar-refractivity contribution in [1.29, 1.82) is 0 Å². The molecule has 1 aromatic rings. The first-order valence-electron chi connectivity index (χ1n) is 7.09. The second-order valence-corrected chi connectivity index (χ2v) is 6.23. The van der Waals surface area contributed by atoms with Crippen LogP contribution in [0.5, 0.6) is 0 Å². The van der Waals surface area contributed by atoms with E-state index in [1.807, 2.05) is 17.9 Å². The van der Waals surface area contributed by atoms with Gasteiger partial charge in [-0.15, -0.1) is 0 Å². The molecule has 0 spiro atoms. The molecule has 0 unspecified atom stereocenters. The van der Waals surface area contributed by atoms with E-state index in [-0.39, 0.29) is 5.54 Å². The van der Waals surface area contributed by atoms with Gasteiger partial charge in [-0.3, -0.25) is 9.58 Å². The minimum Gasteiger partial charge on any atom is -0.311 e. The zero-order chi connectivity index (χ0) is 13.9. The number of hydrogen-bond acceptors (Lipinski definition) is 4. The van der Waals surface area contributed by atoms with E-state index in [1.165, 1.54) is 18.7 Å². The largest absolute Gasteiger partial charge is 0.311 e. The molecule has 0 aliphatic carbocycles. The molecule has 1 aliphatic heterocycles. The Morgan fingerprint density at radius 2 is 1.89 bits per heavy atom. The van der Waals surface area contributed by atoms with Gasteiger partial charge in [0.15, 0.2) is 0 Å². The zero-order valence-electron chi connectivity index (χ0n) is 12.7. The number of aryl methyl sites for hydroxylation is 1. The lowest BCUT2D eigenvalue weighted by atomic mass is 10.0. The molecule has 0 aromatic carbocycles. The minimum absolute atomic E-state index is 0.212. The summed E-state index contributed by atoms with van der Waals surface area (Å²) in [6.07, 6.45) is 3.99. The van der Waals surface area contributed by atoms with E-state index in [4.69, 9.17) is 0 Å². The van der Waals surface area contributed by atoms with Crippen molar-refractivity contribution in [2.75, 3.05) is 39.8 Å². The van der Waals surface area contributed by atoms with Gasteiger partial charge in [-0.05, 0) is 20.9 Å². The number of aromatic nitrogens is 2. The molecule has 5 nitrogen and oxygen atoms in total. The maximum Gasteiger partial charge on any atom is 0.0534 e. The van der Waals surface area contributed by atoms with Crippen LogP contribution < -0.4 is 5.32 Å². The number of nitrogens with one attached hydrogen (secondary N) is 1. The highest BCUT2D eigenvalue weighted by Crippen LogP contribution is 2.15. The Kier molecular flexibility index (Phi) is 4.60. The Morgan fingerprint density at radius 1 is 1.21 bits per heavy atom. The summed E-state index contributed by atoms with van der Waals surface area (Å²) in [7, 11) is 4.16. The molecule has 0 amide bonds. The SMILES string of the molecule is CN1CCN(C(C)(C)CNCc2cnn(C)c2)CC1. The summed E-state index contributed by atoms with van der Waals surface area (Å²) in [5.41, 5.74) is 1.46. The van der Waals surface area contributed by atoms with Crippen LogP contribution in [-0.2, 0) is 13.6 Å². The number of piperazine rings is 1. The van der Waals surface area contributed by atoms with E-state index in [9.17, 15) is 0 Å². The van der Waals surface area contributed by atoms with Gasteiger partial charge in [-0.25, -0.2) is 0 Å². The molecule has 0 bridgehead atoms. The van der Waals surface area contributed by atoms with Crippen LogP contribution in [0.2, 0.25) is 0 Å². The highest BCUT2D eigenvalue weighted by molar-refractivity contribution is 5.03. The van der Waals surface area contributed by atoms with Crippen molar-refractivity contribution in [3.8, 4) is 0 Å². The highest BCUT2D eigenvalue weighted by atomic mass is 15.3. The maximum atomic E-state index is 4.19. The third kappa shape index (κ3) is 4.03. The van der Waals surface area contributed by atoms with Crippen LogP contribution >= 0.6 is 0 Å². The first-order valence-corrected chi connectivity index (χ1v) is 7.09. The monoisotopic (exact) mass is 265 g/mol. The highest BCUT2D eigenvalue weighted by Gasteiger charge is 2.28. The predicted molar refractivity (Wildman–Crippen MR) is 78.1 cm³/mol. The van der Waals surface area contributed by atoms with Gasteiger partial charge in [0.05, 0.1) is 6.20 Å². The molecule has 0 radical (unpaired) electrons. The molecule has 108 valence electrons. The van der Waals surface area contributed by atoms with Crippen molar-refractivity contribution < 1.29 is 0 Å². The van der Waals surface area contributed by atoms with Gasteiger partial charge in [-0.2, -0.15) is 5.10 Å². The number of rotatable bonds is 5. The van der Waals surface area contributed by atoms with E-state index < -0.39 is 0 Å². The smallest absolute Gasteiger partial charge is 0.0534 e. The van der Waals surface area contributed by atoms with Crippen molar-refractivity contribution in [2.24, 2.45) is 7.05 Å². The quantitative estimate of drug-likeness (QED) is 0.843. The zero-order valence-corrected chi connectivity index (χ0v) is 12.7. The predicted octanol–water partition coefficient (Wildman–Crippen LogP) is 0.536. The normalized spacial score (nSPS) is 18.9. The molecule has 19 heavy (non-hydrogen) atoms. The van der Waals surface area contributed by atoms with Crippen LogP contribution in [0.4, 0.5) is 0 Å². The van der Waals surface area contributed by atoms with Gasteiger partial charge in [0.2, 0.25) is 0 Å². The Bertz CT molecular complexity index is 390. The van der Waals surface area contributed by atoms with Crippen LogP contribution in [0.3, 0.4) is 0 Å². The summed E-state index contributed by atoms with van der Waals surface area (Å²) < 4.78 is 1.85. The molecular weight excluding hydrogens is 238 g/mol. The second-order valence-electron chi connectivity index (χ2n) is 6.23. The minimum atomic E-state index is 0.212. The van der Waals surface area contributed by atoms with E-state index in [0.29, 0.717) is 0 Å². The topological polar surface area (TPSA) is 36.3 Å². The molecule has 0 saturated carbocycles. The summed E-state index contributed by atoms with van der Waals surface area (Å²) in [6, 6.07) is 0. The number of likely N-dealkylation sites (N-methyl/N-ethyl adjacent to an activating group) is 1. The van der Waals surface area contributed by atoms with Gasteiger partial charge in [0.1, 0.15) is 0 Å².